The minimum absolute atomic E-state index is 0.423. The Morgan fingerprint density at radius 3 is 2.95 bits per heavy atom. The third kappa shape index (κ3) is 1.83. The summed E-state index contributed by atoms with van der Waals surface area (Å²) >= 11 is 3.51. The van der Waals surface area contributed by atoms with Crippen LogP contribution in [0.4, 0.5) is 0 Å². The fourth-order valence-corrected chi connectivity index (χ4v) is 3.23. The van der Waals surface area contributed by atoms with Crippen molar-refractivity contribution in [3.8, 4) is 0 Å². The Hall–Kier alpha value is -0.910. The molecule has 0 spiro atoms. The van der Waals surface area contributed by atoms with E-state index < -0.39 is 5.54 Å². The smallest absolute Gasteiger partial charge is 0.132 e. The number of ether oxygens (including phenoxy) is 1. The molecule has 0 radical (unpaired) electrons. The summed E-state index contributed by atoms with van der Waals surface area (Å²) in [5, 5.41) is 0. The second-order valence-corrected chi connectivity index (χ2v) is 6.54. The molecule has 2 N–H and O–H groups in total. The van der Waals surface area contributed by atoms with Crippen LogP contribution in [0.15, 0.2) is 22.7 Å². The Bertz CT molecular complexity index is 641. The summed E-state index contributed by atoms with van der Waals surface area (Å²) in [6.45, 7) is 1.30. The molecule has 4 rings (SSSR count). The highest BCUT2D eigenvalue weighted by Gasteiger charge is 2.40. The quantitative estimate of drug-likeness (QED) is 0.925. The van der Waals surface area contributed by atoms with Crippen LogP contribution in [0.1, 0.15) is 31.1 Å². The molecule has 1 aliphatic heterocycles. The van der Waals surface area contributed by atoms with Crippen molar-refractivity contribution in [3.05, 3.63) is 28.5 Å². The van der Waals surface area contributed by atoms with Gasteiger partial charge in [-0.25, -0.2) is 4.98 Å². The first-order valence-corrected chi connectivity index (χ1v) is 7.51. The third-order valence-electron chi connectivity index (χ3n) is 4.06. The highest BCUT2D eigenvalue weighted by molar-refractivity contribution is 9.10. The van der Waals surface area contributed by atoms with Crippen molar-refractivity contribution in [3.63, 3.8) is 0 Å². The lowest BCUT2D eigenvalue weighted by Crippen LogP contribution is -2.40. The van der Waals surface area contributed by atoms with Gasteiger partial charge in [0, 0.05) is 17.1 Å². The number of nitrogens with two attached hydrogens (primary N) is 1. The molecule has 1 saturated carbocycles. The van der Waals surface area contributed by atoms with Crippen molar-refractivity contribution in [2.45, 2.75) is 30.8 Å². The van der Waals surface area contributed by atoms with Gasteiger partial charge < -0.3 is 15.0 Å². The standard InChI is InChI=1S/C14H16BrN3O/c15-9-1-4-12-11(7-9)17-13(18(12)10-2-3-10)14(16)5-6-19-8-14/h1,4,7,10H,2-3,5-6,8,16H2. The van der Waals surface area contributed by atoms with Gasteiger partial charge in [0.25, 0.3) is 0 Å². The van der Waals surface area contributed by atoms with Crippen LogP contribution in [0, 0.1) is 0 Å². The Morgan fingerprint density at radius 1 is 1.42 bits per heavy atom. The highest BCUT2D eigenvalue weighted by atomic mass is 79.9. The SMILES string of the molecule is NC1(c2nc3cc(Br)ccc3n2C2CC2)CCOC1. The van der Waals surface area contributed by atoms with Crippen LogP contribution in [0.3, 0.4) is 0 Å². The fourth-order valence-electron chi connectivity index (χ4n) is 2.88. The Morgan fingerprint density at radius 2 is 2.26 bits per heavy atom. The van der Waals surface area contributed by atoms with Gasteiger partial charge in [0.15, 0.2) is 0 Å². The zero-order chi connectivity index (χ0) is 13.0. The Kier molecular flexibility index (Phi) is 2.53. The number of benzene rings is 1. The van der Waals surface area contributed by atoms with E-state index in [1.165, 1.54) is 18.4 Å². The molecule has 1 aromatic heterocycles. The zero-order valence-corrected chi connectivity index (χ0v) is 12.2. The normalized spacial score (nSPS) is 27.3. The average molecular weight is 322 g/mol. The molecule has 5 heteroatoms. The number of hydrogen-bond donors (Lipinski definition) is 1. The number of nitrogens with zero attached hydrogens (tertiary/aromatic N) is 2. The van der Waals surface area contributed by atoms with Gasteiger partial charge in [-0.1, -0.05) is 15.9 Å². The van der Waals surface area contributed by atoms with Crippen LogP contribution in [0.5, 0.6) is 0 Å². The van der Waals surface area contributed by atoms with Gasteiger partial charge in [-0.05, 0) is 37.5 Å². The van der Waals surface area contributed by atoms with Crippen molar-refractivity contribution in [2.24, 2.45) is 5.73 Å². The molecule has 1 atom stereocenters. The number of halogens is 1. The number of rotatable bonds is 2. The van der Waals surface area contributed by atoms with E-state index in [4.69, 9.17) is 15.5 Å². The van der Waals surface area contributed by atoms with E-state index in [-0.39, 0.29) is 0 Å². The van der Waals surface area contributed by atoms with Crippen LogP contribution in [-0.2, 0) is 10.3 Å². The molecular formula is C14H16BrN3O. The van der Waals surface area contributed by atoms with Crippen LogP contribution < -0.4 is 5.73 Å². The van der Waals surface area contributed by atoms with Crippen LogP contribution >= 0.6 is 15.9 Å². The predicted octanol–water partition coefficient (Wildman–Crippen LogP) is 2.71. The summed E-state index contributed by atoms with van der Waals surface area (Å²) in [5.41, 5.74) is 8.32. The van der Waals surface area contributed by atoms with E-state index in [1.807, 2.05) is 0 Å². The van der Waals surface area contributed by atoms with Gasteiger partial charge in [-0.3, -0.25) is 0 Å². The third-order valence-corrected chi connectivity index (χ3v) is 4.55. The topological polar surface area (TPSA) is 53.1 Å². The van der Waals surface area contributed by atoms with E-state index in [2.05, 4.69) is 38.7 Å². The molecule has 2 aromatic rings. The fraction of sp³-hybridized carbons (Fsp3) is 0.500. The van der Waals surface area contributed by atoms with Crippen molar-refractivity contribution in [1.29, 1.82) is 0 Å². The monoisotopic (exact) mass is 321 g/mol. The van der Waals surface area contributed by atoms with Crippen LogP contribution in [0.2, 0.25) is 0 Å². The lowest BCUT2D eigenvalue weighted by atomic mass is 9.99. The molecule has 0 bridgehead atoms. The number of aromatic nitrogens is 2. The van der Waals surface area contributed by atoms with Crippen molar-refractivity contribution < 1.29 is 4.74 Å². The first-order valence-electron chi connectivity index (χ1n) is 6.72. The largest absolute Gasteiger partial charge is 0.379 e. The molecular weight excluding hydrogens is 306 g/mol. The highest BCUT2D eigenvalue weighted by Crippen LogP contribution is 2.42. The van der Waals surface area contributed by atoms with Gasteiger partial charge in [0.1, 0.15) is 11.4 Å². The summed E-state index contributed by atoms with van der Waals surface area (Å²) in [4.78, 5) is 4.82. The van der Waals surface area contributed by atoms with Gasteiger partial charge in [-0.15, -0.1) is 0 Å². The van der Waals surface area contributed by atoms with Gasteiger partial charge in [0.2, 0.25) is 0 Å². The molecule has 100 valence electrons. The zero-order valence-electron chi connectivity index (χ0n) is 10.6. The van der Waals surface area contributed by atoms with E-state index in [0.717, 1.165) is 28.8 Å². The van der Waals surface area contributed by atoms with E-state index in [9.17, 15) is 0 Å². The maximum Gasteiger partial charge on any atom is 0.132 e. The number of imidazole rings is 1. The number of hydrogen-bond acceptors (Lipinski definition) is 3. The lowest BCUT2D eigenvalue weighted by Gasteiger charge is -2.22. The summed E-state index contributed by atoms with van der Waals surface area (Å²) in [6.07, 6.45) is 3.31. The summed E-state index contributed by atoms with van der Waals surface area (Å²) in [6, 6.07) is 6.84. The maximum absolute atomic E-state index is 6.53. The molecule has 19 heavy (non-hydrogen) atoms. The molecule has 1 saturated heterocycles. The molecule has 2 aliphatic rings. The van der Waals surface area contributed by atoms with Crippen LogP contribution in [-0.4, -0.2) is 22.8 Å². The minimum Gasteiger partial charge on any atom is -0.379 e. The Labute approximate surface area is 120 Å². The predicted molar refractivity (Wildman–Crippen MR) is 77.0 cm³/mol. The molecule has 1 aromatic carbocycles. The summed E-state index contributed by atoms with van der Waals surface area (Å²) in [7, 11) is 0. The molecule has 2 heterocycles. The molecule has 2 fully saturated rings. The molecule has 1 unspecified atom stereocenters. The molecule has 0 amide bonds. The van der Waals surface area contributed by atoms with Gasteiger partial charge >= 0.3 is 0 Å². The first-order chi connectivity index (χ1) is 9.17. The van der Waals surface area contributed by atoms with Gasteiger partial charge in [0.05, 0.1) is 17.6 Å². The minimum atomic E-state index is -0.423. The van der Waals surface area contributed by atoms with E-state index in [1.54, 1.807) is 0 Å². The average Bonchev–Trinajstić information content (AvgIpc) is 3.01. The second-order valence-electron chi connectivity index (χ2n) is 5.63. The second kappa shape index (κ2) is 4.04. The summed E-state index contributed by atoms with van der Waals surface area (Å²) in [5.74, 6) is 1.00. The molecule has 4 nitrogen and oxygen atoms in total. The van der Waals surface area contributed by atoms with Crippen LogP contribution in [0.25, 0.3) is 11.0 Å². The van der Waals surface area contributed by atoms with Crippen molar-refractivity contribution in [1.82, 2.24) is 9.55 Å². The van der Waals surface area contributed by atoms with E-state index in [0.29, 0.717) is 12.6 Å². The Balaban J connectivity index is 1.96. The van der Waals surface area contributed by atoms with Crippen molar-refractivity contribution in [2.75, 3.05) is 13.2 Å². The summed E-state index contributed by atoms with van der Waals surface area (Å²) < 4.78 is 8.90. The van der Waals surface area contributed by atoms with Crippen molar-refractivity contribution >= 4 is 27.0 Å². The lowest BCUT2D eigenvalue weighted by molar-refractivity contribution is 0.175. The maximum atomic E-state index is 6.53. The molecule has 1 aliphatic carbocycles. The number of fused-ring (bicyclic) bond motifs is 1. The van der Waals surface area contributed by atoms with Gasteiger partial charge in [-0.2, -0.15) is 0 Å². The van der Waals surface area contributed by atoms with E-state index >= 15 is 0 Å². The first kappa shape index (κ1) is 11.9.